The molecular formula is C19H39NaO4S. The molecule has 0 aromatic carbocycles. The second-order valence-electron chi connectivity index (χ2n) is 7.12. The van der Waals surface area contributed by atoms with E-state index in [-0.39, 0.29) is 36.0 Å². The maximum absolute atomic E-state index is 11.3. The molecule has 0 saturated carbocycles. The second-order valence-corrected chi connectivity index (χ2v) is 8.77. The average Bonchev–Trinajstić information content (AvgIpc) is 2.50. The first kappa shape index (κ1) is 28.1. The van der Waals surface area contributed by atoms with Gasteiger partial charge in [0.1, 0.15) is 0 Å². The molecule has 0 saturated heterocycles. The molecule has 0 spiro atoms. The normalized spacial score (nSPS) is 14.1. The van der Waals surface area contributed by atoms with E-state index in [2.05, 4.69) is 6.92 Å². The van der Waals surface area contributed by atoms with Crippen LogP contribution in [0, 0.1) is 0 Å². The van der Waals surface area contributed by atoms with E-state index < -0.39 is 21.5 Å². The molecule has 0 fully saturated rings. The first-order valence-corrected chi connectivity index (χ1v) is 11.5. The summed E-state index contributed by atoms with van der Waals surface area (Å²) in [5.41, 5.74) is 0. The van der Waals surface area contributed by atoms with Gasteiger partial charge >= 0.3 is 29.6 Å². The van der Waals surface area contributed by atoms with Crippen molar-refractivity contribution in [3.63, 3.8) is 0 Å². The summed E-state index contributed by atoms with van der Waals surface area (Å²) in [4.78, 5) is 0. The fraction of sp³-hybridized carbons (Fsp3) is 1.00. The Hall–Kier alpha value is 0.870. The minimum atomic E-state index is -4.30. The Balaban J connectivity index is 0. The van der Waals surface area contributed by atoms with Gasteiger partial charge in [0, 0.05) is 0 Å². The van der Waals surface area contributed by atoms with Gasteiger partial charge in [-0.3, -0.25) is 0 Å². The van der Waals surface area contributed by atoms with Crippen molar-refractivity contribution in [3.05, 3.63) is 0 Å². The van der Waals surface area contributed by atoms with E-state index in [4.69, 9.17) is 0 Å². The molecule has 0 aliphatic carbocycles. The van der Waals surface area contributed by atoms with Crippen LogP contribution in [0.25, 0.3) is 0 Å². The number of unbranched alkanes of at least 4 members (excludes halogenated alkanes) is 10. The summed E-state index contributed by atoms with van der Waals surface area (Å²) in [6.07, 6.45) is 14.4. The van der Waals surface area contributed by atoms with E-state index >= 15 is 0 Å². The SMILES string of the molecule is CCCCCCCCCCCCCC(CC(O)CCC)S(=O)(=O)[O-].[Na+]. The third kappa shape index (κ3) is 18.0. The van der Waals surface area contributed by atoms with Gasteiger partial charge in [0.05, 0.1) is 21.5 Å². The number of rotatable bonds is 17. The molecule has 146 valence electrons. The quantitative estimate of drug-likeness (QED) is 0.236. The zero-order chi connectivity index (χ0) is 18.3. The molecule has 25 heavy (non-hydrogen) atoms. The van der Waals surface area contributed by atoms with Gasteiger partial charge < -0.3 is 9.66 Å². The van der Waals surface area contributed by atoms with Crippen molar-refractivity contribution >= 4 is 10.1 Å². The molecule has 0 amide bonds. The van der Waals surface area contributed by atoms with Gasteiger partial charge in [-0.05, 0) is 19.3 Å². The third-order valence-electron chi connectivity index (χ3n) is 4.69. The minimum absolute atomic E-state index is 0. The first-order valence-electron chi connectivity index (χ1n) is 10.0. The molecule has 0 heterocycles. The van der Waals surface area contributed by atoms with Crippen molar-refractivity contribution in [1.29, 1.82) is 0 Å². The fourth-order valence-corrected chi connectivity index (χ4v) is 4.08. The Morgan fingerprint density at radius 2 is 1.20 bits per heavy atom. The van der Waals surface area contributed by atoms with Crippen LogP contribution in [0.2, 0.25) is 0 Å². The topological polar surface area (TPSA) is 77.4 Å². The van der Waals surface area contributed by atoms with Gasteiger partial charge in [-0.15, -0.1) is 0 Å². The number of hydrogen-bond donors (Lipinski definition) is 1. The van der Waals surface area contributed by atoms with Crippen LogP contribution in [-0.2, 0) is 10.1 Å². The van der Waals surface area contributed by atoms with Gasteiger partial charge in [0.15, 0.2) is 0 Å². The minimum Gasteiger partial charge on any atom is -0.748 e. The summed E-state index contributed by atoms with van der Waals surface area (Å²) in [6, 6.07) is 0. The Morgan fingerprint density at radius 3 is 1.60 bits per heavy atom. The molecule has 0 bridgehead atoms. The summed E-state index contributed by atoms with van der Waals surface area (Å²) >= 11 is 0. The van der Waals surface area contributed by atoms with E-state index in [9.17, 15) is 18.1 Å². The van der Waals surface area contributed by atoms with Crippen LogP contribution in [0.4, 0.5) is 0 Å². The van der Waals surface area contributed by atoms with Crippen molar-refractivity contribution < 1.29 is 47.6 Å². The maximum atomic E-state index is 11.3. The number of aliphatic hydroxyl groups is 1. The third-order valence-corrected chi connectivity index (χ3v) is 5.94. The molecular weight excluding hydrogens is 347 g/mol. The van der Waals surface area contributed by atoms with Crippen LogP contribution in [-0.4, -0.2) is 29.4 Å². The fourth-order valence-electron chi connectivity index (χ4n) is 3.17. The van der Waals surface area contributed by atoms with E-state index in [1.165, 1.54) is 51.4 Å². The summed E-state index contributed by atoms with van der Waals surface area (Å²) in [5.74, 6) is 0. The smallest absolute Gasteiger partial charge is 0.748 e. The van der Waals surface area contributed by atoms with Gasteiger partial charge in [-0.2, -0.15) is 0 Å². The van der Waals surface area contributed by atoms with Crippen LogP contribution in [0.15, 0.2) is 0 Å². The Labute approximate surface area is 178 Å². The second kappa shape index (κ2) is 18.2. The predicted octanol–water partition coefficient (Wildman–Crippen LogP) is 2.16. The molecule has 2 atom stereocenters. The largest absolute Gasteiger partial charge is 1.00 e. The Morgan fingerprint density at radius 1 is 0.760 bits per heavy atom. The van der Waals surface area contributed by atoms with Crippen molar-refractivity contribution in [1.82, 2.24) is 0 Å². The number of hydrogen-bond acceptors (Lipinski definition) is 4. The maximum Gasteiger partial charge on any atom is 1.00 e. The van der Waals surface area contributed by atoms with Crippen molar-refractivity contribution in [3.8, 4) is 0 Å². The van der Waals surface area contributed by atoms with Crippen molar-refractivity contribution in [2.75, 3.05) is 0 Å². The Kier molecular flexibility index (Phi) is 20.5. The molecule has 1 N–H and O–H groups in total. The predicted molar refractivity (Wildman–Crippen MR) is 100 cm³/mol. The van der Waals surface area contributed by atoms with Gasteiger partial charge in [-0.25, -0.2) is 8.42 Å². The summed E-state index contributed by atoms with van der Waals surface area (Å²) < 4.78 is 34.0. The molecule has 2 unspecified atom stereocenters. The summed E-state index contributed by atoms with van der Waals surface area (Å²) in [7, 11) is -4.30. The van der Waals surface area contributed by atoms with Crippen LogP contribution in [0.5, 0.6) is 0 Å². The van der Waals surface area contributed by atoms with Crippen molar-refractivity contribution in [2.24, 2.45) is 0 Å². The first-order chi connectivity index (χ1) is 11.4. The molecule has 0 radical (unpaired) electrons. The molecule has 4 nitrogen and oxygen atoms in total. The summed E-state index contributed by atoms with van der Waals surface area (Å²) in [6.45, 7) is 4.17. The molecule has 0 aromatic rings. The van der Waals surface area contributed by atoms with Gasteiger partial charge in [-0.1, -0.05) is 90.9 Å². The van der Waals surface area contributed by atoms with Gasteiger partial charge in [0.25, 0.3) is 0 Å². The summed E-state index contributed by atoms with van der Waals surface area (Å²) in [5, 5.41) is 8.84. The van der Waals surface area contributed by atoms with Crippen LogP contribution in [0.3, 0.4) is 0 Å². The zero-order valence-electron chi connectivity index (χ0n) is 16.8. The van der Waals surface area contributed by atoms with E-state index in [0.717, 1.165) is 25.7 Å². The molecule has 0 rings (SSSR count). The number of aliphatic hydroxyl groups excluding tert-OH is 1. The van der Waals surface area contributed by atoms with Gasteiger partial charge in [0.2, 0.25) is 0 Å². The van der Waals surface area contributed by atoms with E-state index in [1.807, 2.05) is 6.92 Å². The molecule has 0 aliphatic rings. The molecule has 0 aliphatic heterocycles. The van der Waals surface area contributed by atoms with Crippen molar-refractivity contribution in [2.45, 2.75) is 122 Å². The Bertz CT molecular complexity index is 374. The molecule has 6 heteroatoms. The van der Waals surface area contributed by atoms with Crippen LogP contribution < -0.4 is 29.6 Å². The van der Waals surface area contributed by atoms with Crippen LogP contribution >= 0.6 is 0 Å². The van der Waals surface area contributed by atoms with E-state index in [1.54, 1.807) is 0 Å². The average molecular weight is 387 g/mol. The standard InChI is InChI=1S/C19H40O4S.Na/c1-3-5-6-7-8-9-10-11-12-13-14-16-19(24(21,22)23)17-18(20)15-4-2;/h18-20H,3-17H2,1-2H3,(H,21,22,23);/q;+1/p-1. The van der Waals surface area contributed by atoms with E-state index in [0.29, 0.717) is 12.8 Å². The zero-order valence-corrected chi connectivity index (χ0v) is 19.7. The molecule has 0 aromatic heterocycles. The monoisotopic (exact) mass is 386 g/mol. The van der Waals surface area contributed by atoms with Crippen LogP contribution in [0.1, 0.15) is 110 Å².